The van der Waals surface area contributed by atoms with Crippen molar-refractivity contribution in [2.24, 2.45) is 5.73 Å². The van der Waals surface area contributed by atoms with Crippen LogP contribution in [0, 0.1) is 12.7 Å². The first-order valence-corrected chi connectivity index (χ1v) is 8.64. The van der Waals surface area contributed by atoms with Crippen LogP contribution in [0.2, 0.25) is 0 Å². The van der Waals surface area contributed by atoms with Crippen LogP contribution in [0.15, 0.2) is 29.6 Å². The predicted molar refractivity (Wildman–Crippen MR) is 95.5 cm³/mol. The summed E-state index contributed by atoms with van der Waals surface area (Å²) in [5.74, 6) is -0.388. The Hall–Kier alpha value is -2.12. The lowest BCUT2D eigenvalue weighted by Gasteiger charge is -2.18. The van der Waals surface area contributed by atoms with Gasteiger partial charge in [-0.3, -0.25) is 4.79 Å². The lowest BCUT2D eigenvalue weighted by Crippen LogP contribution is -2.37. The van der Waals surface area contributed by atoms with Gasteiger partial charge in [-0.2, -0.15) is 0 Å². The van der Waals surface area contributed by atoms with Crippen LogP contribution < -0.4 is 21.1 Å². The van der Waals surface area contributed by atoms with E-state index in [9.17, 15) is 9.18 Å². The highest BCUT2D eigenvalue weighted by molar-refractivity contribution is 7.10. The molecule has 1 unspecified atom stereocenters. The monoisotopic (exact) mass is 351 g/mol. The van der Waals surface area contributed by atoms with Gasteiger partial charge in [0.25, 0.3) is 5.91 Å². The molecule has 0 saturated heterocycles. The third-order valence-corrected chi connectivity index (χ3v) is 4.27. The van der Waals surface area contributed by atoms with Crippen LogP contribution in [0.25, 0.3) is 0 Å². The molecule has 1 atom stereocenters. The molecule has 2 rings (SSSR count). The summed E-state index contributed by atoms with van der Waals surface area (Å²) >= 11 is 1.61. The van der Waals surface area contributed by atoms with Crippen molar-refractivity contribution in [2.75, 3.05) is 18.4 Å². The lowest BCUT2D eigenvalue weighted by molar-refractivity contribution is -0.127. The van der Waals surface area contributed by atoms with E-state index in [1.54, 1.807) is 24.3 Å². The lowest BCUT2D eigenvalue weighted by atomic mass is 10.2. The number of thiophene rings is 1. The van der Waals surface area contributed by atoms with Crippen molar-refractivity contribution in [3.63, 3.8) is 0 Å². The summed E-state index contributed by atoms with van der Waals surface area (Å²) in [7, 11) is 0. The first-order valence-electron chi connectivity index (χ1n) is 7.76. The Bertz CT molecular complexity index is 690. The van der Waals surface area contributed by atoms with Crippen molar-refractivity contribution in [2.45, 2.75) is 26.4 Å². The molecule has 1 amide bonds. The quantitative estimate of drug-likeness (QED) is 0.639. The molecule has 0 aliphatic carbocycles. The first-order chi connectivity index (χ1) is 11.5. The Balaban J connectivity index is 2.09. The fourth-order valence-corrected chi connectivity index (χ4v) is 2.71. The van der Waals surface area contributed by atoms with Gasteiger partial charge in [0.05, 0.1) is 11.4 Å². The smallest absolute Gasteiger partial charge is 0.260 e. The van der Waals surface area contributed by atoms with E-state index in [1.165, 1.54) is 12.1 Å². The summed E-state index contributed by atoms with van der Waals surface area (Å²) in [4.78, 5) is 13.1. The molecule has 24 heavy (non-hydrogen) atoms. The molecule has 130 valence electrons. The van der Waals surface area contributed by atoms with E-state index < -0.39 is 11.9 Å². The summed E-state index contributed by atoms with van der Waals surface area (Å²) < 4.78 is 19.3. The second-order valence-electron chi connectivity index (χ2n) is 5.35. The summed E-state index contributed by atoms with van der Waals surface area (Å²) in [5, 5.41) is 7.92. The van der Waals surface area contributed by atoms with E-state index in [2.05, 4.69) is 10.6 Å². The molecular formula is C17H22FN3O2S. The number of nitrogens with two attached hydrogens (primary N) is 1. The average molecular weight is 351 g/mol. The SMILES string of the molecule is Cc1sccc1Nc1ccc(F)cc1OC(C)C(=O)NCCCN. The van der Waals surface area contributed by atoms with Gasteiger partial charge in [0, 0.05) is 17.5 Å². The van der Waals surface area contributed by atoms with E-state index in [-0.39, 0.29) is 5.91 Å². The maximum atomic E-state index is 13.6. The molecule has 0 saturated carbocycles. The Morgan fingerprint density at radius 1 is 1.38 bits per heavy atom. The highest BCUT2D eigenvalue weighted by atomic mass is 32.1. The molecule has 1 aromatic heterocycles. The summed E-state index contributed by atoms with van der Waals surface area (Å²) in [6.07, 6.45) is -0.0449. The van der Waals surface area contributed by atoms with E-state index in [0.717, 1.165) is 10.6 Å². The number of hydrogen-bond acceptors (Lipinski definition) is 5. The number of aryl methyl sites for hydroxylation is 1. The number of benzene rings is 1. The second-order valence-corrected chi connectivity index (χ2v) is 6.47. The molecule has 4 N–H and O–H groups in total. The molecule has 0 bridgehead atoms. The zero-order valence-electron chi connectivity index (χ0n) is 13.8. The maximum Gasteiger partial charge on any atom is 0.260 e. The Morgan fingerprint density at radius 3 is 2.83 bits per heavy atom. The van der Waals surface area contributed by atoms with Crippen LogP contribution in [0.4, 0.5) is 15.8 Å². The van der Waals surface area contributed by atoms with Crippen LogP contribution >= 0.6 is 11.3 Å². The van der Waals surface area contributed by atoms with Gasteiger partial charge in [-0.05, 0) is 50.4 Å². The molecule has 0 aliphatic heterocycles. The van der Waals surface area contributed by atoms with Gasteiger partial charge in [-0.1, -0.05) is 0 Å². The standard InChI is InChI=1S/C17H22FN3O2S/c1-11(17(22)20-8-3-7-19)23-16-10-13(18)4-5-15(16)21-14-6-9-24-12(14)2/h4-6,9-11,21H,3,7-8,19H2,1-2H3,(H,20,22). The van der Waals surface area contributed by atoms with Crippen molar-refractivity contribution >= 4 is 28.6 Å². The van der Waals surface area contributed by atoms with Gasteiger partial charge in [-0.15, -0.1) is 11.3 Å². The topological polar surface area (TPSA) is 76.4 Å². The molecule has 0 fully saturated rings. The Kier molecular flexibility index (Phi) is 6.57. The fraction of sp³-hybridized carbons (Fsp3) is 0.353. The molecule has 2 aromatic rings. The molecular weight excluding hydrogens is 329 g/mol. The summed E-state index contributed by atoms with van der Waals surface area (Å²) in [6.45, 7) is 4.62. The van der Waals surface area contributed by atoms with Crippen LogP contribution in [0.5, 0.6) is 5.75 Å². The minimum absolute atomic E-state index is 0.259. The van der Waals surface area contributed by atoms with Crippen molar-refractivity contribution in [3.8, 4) is 5.75 Å². The third kappa shape index (κ3) is 4.94. The van der Waals surface area contributed by atoms with Gasteiger partial charge >= 0.3 is 0 Å². The number of carbonyl (C=O) groups is 1. The zero-order chi connectivity index (χ0) is 17.5. The Morgan fingerprint density at radius 2 is 2.17 bits per heavy atom. The van der Waals surface area contributed by atoms with Gasteiger partial charge in [0.2, 0.25) is 0 Å². The molecule has 0 aliphatic rings. The van der Waals surface area contributed by atoms with E-state index in [1.807, 2.05) is 18.4 Å². The van der Waals surface area contributed by atoms with Crippen molar-refractivity contribution in [3.05, 3.63) is 40.3 Å². The normalized spacial score (nSPS) is 11.8. The highest BCUT2D eigenvalue weighted by Gasteiger charge is 2.17. The number of hydrogen-bond donors (Lipinski definition) is 3. The third-order valence-electron chi connectivity index (χ3n) is 3.42. The van der Waals surface area contributed by atoms with E-state index in [4.69, 9.17) is 10.5 Å². The van der Waals surface area contributed by atoms with Gasteiger partial charge in [-0.25, -0.2) is 4.39 Å². The number of halogens is 1. The van der Waals surface area contributed by atoms with Crippen LogP contribution in [0.3, 0.4) is 0 Å². The molecule has 0 spiro atoms. The fourth-order valence-electron chi connectivity index (χ4n) is 2.06. The predicted octanol–water partition coefficient (Wildman–Crippen LogP) is 3.17. The number of rotatable bonds is 8. The molecule has 0 radical (unpaired) electrons. The molecule has 1 aromatic carbocycles. The van der Waals surface area contributed by atoms with E-state index in [0.29, 0.717) is 30.9 Å². The second kappa shape index (κ2) is 8.65. The minimum atomic E-state index is -0.742. The highest BCUT2D eigenvalue weighted by Crippen LogP contribution is 2.32. The number of anilines is 2. The minimum Gasteiger partial charge on any atom is -0.479 e. The van der Waals surface area contributed by atoms with E-state index >= 15 is 0 Å². The van der Waals surface area contributed by atoms with Crippen LogP contribution in [0.1, 0.15) is 18.2 Å². The van der Waals surface area contributed by atoms with Gasteiger partial charge < -0.3 is 21.1 Å². The van der Waals surface area contributed by atoms with Crippen molar-refractivity contribution < 1.29 is 13.9 Å². The summed E-state index contributed by atoms with van der Waals surface area (Å²) in [6, 6.07) is 6.16. The maximum absolute atomic E-state index is 13.6. The molecule has 1 heterocycles. The van der Waals surface area contributed by atoms with Gasteiger partial charge in [0.1, 0.15) is 11.6 Å². The Labute approximate surface area is 145 Å². The average Bonchev–Trinajstić information content (AvgIpc) is 2.95. The number of nitrogens with one attached hydrogen (secondary N) is 2. The number of carbonyl (C=O) groups excluding carboxylic acids is 1. The summed E-state index contributed by atoms with van der Waals surface area (Å²) in [5.41, 5.74) is 6.93. The first kappa shape index (κ1) is 18.2. The number of ether oxygens (including phenoxy) is 1. The van der Waals surface area contributed by atoms with Gasteiger partial charge in [0.15, 0.2) is 6.10 Å². The number of amides is 1. The van der Waals surface area contributed by atoms with Crippen LogP contribution in [-0.4, -0.2) is 25.1 Å². The van der Waals surface area contributed by atoms with Crippen molar-refractivity contribution in [1.29, 1.82) is 0 Å². The van der Waals surface area contributed by atoms with Crippen LogP contribution in [-0.2, 0) is 4.79 Å². The molecule has 5 nitrogen and oxygen atoms in total. The largest absolute Gasteiger partial charge is 0.479 e. The molecule has 7 heteroatoms. The zero-order valence-corrected chi connectivity index (χ0v) is 14.6. The van der Waals surface area contributed by atoms with Crippen molar-refractivity contribution in [1.82, 2.24) is 5.32 Å².